The van der Waals surface area contributed by atoms with Crippen LogP contribution in [0, 0.1) is 11.8 Å². The molecule has 0 aromatic rings. The zero-order chi connectivity index (χ0) is 35.8. The number of hydrogen-bond donors (Lipinski definition) is 2. The van der Waals surface area contributed by atoms with Gasteiger partial charge in [-0.05, 0) is 61.3 Å². The highest BCUT2D eigenvalue weighted by Crippen LogP contribution is 2.47. The molecule has 1 saturated carbocycles. The number of halogens is 9. The molecular weight excluding hydrogens is 643 g/mol. The first kappa shape index (κ1) is 40.2. The highest BCUT2D eigenvalue weighted by Gasteiger charge is 2.77. The van der Waals surface area contributed by atoms with Gasteiger partial charge < -0.3 is 29.2 Å². The summed E-state index contributed by atoms with van der Waals surface area (Å²) in [6.45, 7) is 7.08. The minimum absolute atomic E-state index is 0.127. The molecule has 0 heterocycles. The Balaban J connectivity index is 3.10. The van der Waals surface area contributed by atoms with Gasteiger partial charge >= 0.3 is 48.0 Å². The molecule has 0 radical (unpaired) electrons. The summed E-state index contributed by atoms with van der Waals surface area (Å²) in [5.74, 6) is -9.67. The number of alkyl halides is 9. The average Bonchev–Trinajstić information content (AvgIpc) is 2.85. The standard InChI is InChI=1S/C26H35F9O10/c1-12(42-18(38)22(7,40)24(27,28)29)16(36)44-20(3,4)14-10-8-9-11-15(14)21(5,6)45-17(37)13(2)43-19(39)23(41,25(30,31)32)26(33,34)35/h12-15,40-41H,8-11H2,1-7H3. The molecule has 0 aromatic carbocycles. The Hall–Kier alpha value is -2.83. The van der Waals surface area contributed by atoms with Crippen LogP contribution in [-0.4, -0.2) is 87.2 Å². The van der Waals surface area contributed by atoms with Crippen LogP contribution < -0.4 is 0 Å². The SMILES string of the molecule is CC(OC(=O)C(C)(O)C(F)(F)F)C(=O)OC(C)(C)C1CCCCC1C(C)(C)OC(=O)C(C)OC(=O)C(O)(C(F)(F)F)C(F)(F)F. The number of ether oxygens (including phenoxy) is 4. The van der Waals surface area contributed by atoms with E-state index < -0.39 is 88.9 Å². The Morgan fingerprint density at radius 1 is 0.600 bits per heavy atom. The third-order valence-electron chi connectivity index (χ3n) is 7.58. The molecule has 45 heavy (non-hydrogen) atoms. The van der Waals surface area contributed by atoms with Crippen LogP contribution in [0.3, 0.4) is 0 Å². The van der Waals surface area contributed by atoms with Gasteiger partial charge in [-0.15, -0.1) is 0 Å². The maximum absolute atomic E-state index is 13.0. The summed E-state index contributed by atoms with van der Waals surface area (Å²) in [6, 6.07) is 0. The van der Waals surface area contributed by atoms with Crippen molar-refractivity contribution >= 4 is 23.9 Å². The maximum atomic E-state index is 13.0. The van der Waals surface area contributed by atoms with E-state index in [0.29, 0.717) is 26.2 Å². The van der Waals surface area contributed by atoms with Gasteiger partial charge in [0.25, 0.3) is 5.60 Å². The number of rotatable bonds is 10. The van der Waals surface area contributed by atoms with Crippen molar-refractivity contribution in [2.75, 3.05) is 0 Å². The van der Waals surface area contributed by atoms with E-state index in [2.05, 4.69) is 9.47 Å². The molecule has 262 valence electrons. The third kappa shape index (κ3) is 8.71. The summed E-state index contributed by atoms with van der Waals surface area (Å²) in [6.07, 6.45) is -21.1. The zero-order valence-electron chi connectivity index (χ0n) is 25.2. The van der Waals surface area contributed by atoms with Gasteiger partial charge in [-0.2, -0.15) is 39.5 Å². The van der Waals surface area contributed by atoms with Crippen molar-refractivity contribution in [3.8, 4) is 0 Å². The fraction of sp³-hybridized carbons (Fsp3) is 0.846. The molecule has 0 aliphatic heterocycles. The van der Waals surface area contributed by atoms with Crippen LogP contribution in [0.15, 0.2) is 0 Å². The van der Waals surface area contributed by atoms with E-state index in [9.17, 15) is 68.9 Å². The van der Waals surface area contributed by atoms with E-state index in [0.717, 1.165) is 6.92 Å². The maximum Gasteiger partial charge on any atom is 0.437 e. The Kier molecular flexibility index (Phi) is 11.7. The van der Waals surface area contributed by atoms with Gasteiger partial charge in [0.1, 0.15) is 11.2 Å². The molecule has 0 saturated heterocycles. The summed E-state index contributed by atoms with van der Waals surface area (Å²) >= 11 is 0. The van der Waals surface area contributed by atoms with Gasteiger partial charge in [-0.25, -0.2) is 19.2 Å². The lowest BCUT2D eigenvalue weighted by molar-refractivity contribution is -0.357. The Morgan fingerprint density at radius 3 is 1.20 bits per heavy atom. The number of hydrogen-bond acceptors (Lipinski definition) is 10. The molecule has 0 bridgehead atoms. The second kappa shape index (κ2) is 13.1. The molecule has 5 unspecified atom stereocenters. The van der Waals surface area contributed by atoms with E-state index in [1.165, 1.54) is 27.7 Å². The summed E-state index contributed by atoms with van der Waals surface area (Å²) in [5.41, 5.74) is -12.9. The topological polar surface area (TPSA) is 146 Å². The van der Waals surface area contributed by atoms with E-state index in [1.807, 2.05) is 0 Å². The van der Waals surface area contributed by atoms with Crippen LogP contribution in [0.1, 0.15) is 74.1 Å². The van der Waals surface area contributed by atoms with Crippen molar-refractivity contribution in [1.29, 1.82) is 0 Å². The number of esters is 4. The van der Waals surface area contributed by atoms with Gasteiger partial charge in [-0.3, -0.25) is 0 Å². The van der Waals surface area contributed by atoms with E-state index >= 15 is 0 Å². The smallest absolute Gasteiger partial charge is 0.437 e. The second-order valence-corrected chi connectivity index (χ2v) is 11.9. The highest BCUT2D eigenvalue weighted by atomic mass is 19.4. The molecule has 1 fully saturated rings. The monoisotopic (exact) mass is 678 g/mol. The fourth-order valence-electron chi connectivity index (χ4n) is 4.76. The van der Waals surface area contributed by atoms with Crippen molar-refractivity contribution in [2.24, 2.45) is 11.8 Å². The molecule has 0 spiro atoms. The van der Waals surface area contributed by atoms with Crippen molar-refractivity contribution in [1.82, 2.24) is 0 Å². The molecule has 1 rings (SSSR count). The van der Waals surface area contributed by atoms with E-state index in [1.54, 1.807) is 0 Å². The van der Waals surface area contributed by atoms with Gasteiger partial charge in [0, 0.05) is 11.8 Å². The van der Waals surface area contributed by atoms with Crippen molar-refractivity contribution in [3.63, 3.8) is 0 Å². The molecule has 1 aliphatic rings. The van der Waals surface area contributed by atoms with Crippen molar-refractivity contribution in [2.45, 2.75) is 127 Å². The van der Waals surface area contributed by atoms with E-state index in [-0.39, 0.29) is 13.3 Å². The van der Waals surface area contributed by atoms with Gasteiger partial charge in [0.2, 0.25) is 0 Å². The van der Waals surface area contributed by atoms with Crippen LogP contribution in [-0.2, 0) is 38.1 Å². The summed E-state index contributed by atoms with van der Waals surface area (Å²) in [5, 5.41) is 18.6. The fourth-order valence-corrected chi connectivity index (χ4v) is 4.76. The third-order valence-corrected chi connectivity index (χ3v) is 7.58. The molecule has 0 amide bonds. The summed E-state index contributed by atoms with van der Waals surface area (Å²) < 4.78 is 136. The lowest BCUT2D eigenvalue weighted by atomic mass is 9.65. The van der Waals surface area contributed by atoms with E-state index in [4.69, 9.17) is 9.47 Å². The van der Waals surface area contributed by atoms with Gasteiger partial charge in [0.15, 0.2) is 12.2 Å². The van der Waals surface area contributed by atoms with Crippen molar-refractivity contribution < 1.29 is 87.9 Å². The first-order chi connectivity index (χ1) is 19.8. The molecule has 19 heteroatoms. The number of aliphatic hydroxyl groups is 2. The van der Waals surface area contributed by atoms with Crippen LogP contribution in [0.25, 0.3) is 0 Å². The van der Waals surface area contributed by atoms with Crippen molar-refractivity contribution in [3.05, 3.63) is 0 Å². The predicted octanol–water partition coefficient (Wildman–Crippen LogP) is 4.47. The molecule has 2 N–H and O–H groups in total. The summed E-state index contributed by atoms with van der Waals surface area (Å²) in [7, 11) is 0. The van der Waals surface area contributed by atoms with Crippen LogP contribution in [0.2, 0.25) is 0 Å². The predicted molar refractivity (Wildman–Crippen MR) is 131 cm³/mol. The summed E-state index contributed by atoms with van der Waals surface area (Å²) in [4.78, 5) is 49.0. The zero-order valence-corrected chi connectivity index (χ0v) is 25.2. The Bertz CT molecular complexity index is 1100. The van der Waals surface area contributed by atoms with Crippen LogP contribution in [0.4, 0.5) is 39.5 Å². The molecule has 0 aromatic heterocycles. The first-order valence-corrected chi connectivity index (χ1v) is 13.4. The Labute approximate surface area is 251 Å². The molecular formula is C26H35F9O10. The average molecular weight is 679 g/mol. The van der Waals surface area contributed by atoms with Gasteiger partial charge in [-0.1, -0.05) is 12.8 Å². The normalized spacial score (nSPS) is 21.6. The molecule has 5 atom stereocenters. The first-order valence-electron chi connectivity index (χ1n) is 13.4. The lowest BCUT2D eigenvalue weighted by Crippen LogP contribution is -2.63. The number of carbonyl (C=O) groups is 4. The van der Waals surface area contributed by atoms with Crippen LogP contribution in [0.5, 0.6) is 0 Å². The largest absolute Gasteiger partial charge is 0.457 e. The minimum atomic E-state index is -6.55. The molecule has 1 aliphatic carbocycles. The second-order valence-electron chi connectivity index (χ2n) is 11.9. The molecule has 10 nitrogen and oxygen atoms in total. The minimum Gasteiger partial charge on any atom is -0.457 e. The number of carbonyl (C=O) groups excluding carboxylic acids is 4. The van der Waals surface area contributed by atoms with Gasteiger partial charge in [0.05, 0.1) is 0 Å². The van der Waals surface area contributed by atoms with Crippen LogP contribution >= 0.6 is 0 Å². The quantitative estimate of drug-likeness (QED) is 0.193. The Morgan fingerprint density at radius 2 is 0.911 bits per heavy atom. The lowest BCUT2D eigenvalue weighted by Gasteiger charge is -2.47. The highest BCUT2D eigenvalue weighted by molar-refractivity contribution is 5.85.